The molecule has 1 fully saturated rings. The minimum Gasteiger partial charge on any atom is -0.379 e. The number of aryl methyl sites for hydroxylation is 1. The highest BCUT2D eigenvalue weighted by Gasteiger charge is 2.23. The summed E-state index contributed by atoms with van der Waals surface area (Å²) in [4.78, 5) is 23.6. The van der Waals surface area contributed by atoms with E-state index in [1.807, 2.05) is 43.3 Å². The number of hydrogen-bond acceptors (Lipinski definition) is 6. The van der Waals surface area contributed by atoms with Crippen LogP contribution in [0.2, 0.25) is 0 Å². The maximum absolute atomic E-state index is 12.8. The highest BCUT2D eigenvalue weighted by molar-refractivity contribution is 5.91. The molecule has 1 amide bonds. The molecule has 27 heavy (non-hydrogen) atoms. The molecule has 1 atom stereocenters. The molecule has 1 aliphatic heterocycles. The Balaban J connectivity index is 1.55. The minimum absolute atomic E-state index is 0.125. The molecule has 3 heterocycles. The Labute approximate surface area is 157 Å². The van der Waals surface area contributed by atoms with Gasteiger partial charge in [-0.1, -0.05) is 30.3 Å². The Hall–Kier alpha value is -2.84. The van der Waals surface area contributed by atoms with Crippen molar-refractivity contribution in [2.75, 3.05) is 32.8 Å². The van der Waals surface area contributed by atoms with Gasteiger partial charge >= 0.3 is 0 Å². The van der Waals surface area contributed by atoms with Crippen LogP contribution in [0.3, 0.4) is 0 Å². The van der Waals surface area contributed by atoms with Crippen molar-refractivity contribution in [3.8, 4) is 0 Å². The lowest BCUT2D eigenvalue weighted by Gasteiger charge is -2.30. The molecule has 1 aliphatic rings. The molecule has 1 saturated heterocycles. The molecule has 1 unspecified atom stereocenters. The van der Waals surface area contributed by atoms with Crippen molar-refractivity contribution in [3.05, 3.63) is 59.7 Å². The summed E-state index contributed by atoms with van der Waals surface area (Å²) in [5.74, 6) is 0.242. The molecule has 0 saturated carbocycles. The van der Waals surface area contributed by atoms with E-state index in [4.69, 9.17) is 4.74 Å². The Bertz CT molecular complexity index is 920. The van der Waals surface area contributed by atoms with Gasteiger partial charge in [0.25, 0.3) is 11.7 Å². The van der Waals surface area contributed by atoms with Gasteiger partial charge in [0.15, 0.2) is 0 Å². The van der Waals surface area contributed by atoms with Crippen molar-refractivity contribution < 1.29 is 9.53 Å². The molecule has 0 radical (unpaired) electrons. The molecular weight excluding hydrogens is 344 g/mol. The van der Waals surface area contributed by atoms with Crippen LogP contribution in [0.1, 0.15) is 27.9 Å². The van der Waals surface area contributed by atoms with Gasteiger partial charge in [0.05, 0.1) is 19.3 Å². The number of nitrogens with one attached hydrogen (secondary N) is 1. The van der Waals surface area contributed by atoms with Gasteiger partial charge in [0.2, 0.25) is 5.82 Å². The average Bonchev–Trinajstić information content (AvgIpc) is 3.15. The SMILES string of the molecule is Cc1ccnc2nc(C(=O)NC(CN3CCOCC3)c3ccccc3)nn12. The quantitative estimate of drug-likeness (QED) is 0.731. The number of nitrogens with zero attached hydrogens (tertiary/aromatic N) is 5. The predicted molar refractivity (Wildman–Crippen MR) is 99.4 cm³/mol. The maximum atomic E-state index is 12.8. The fourth-order valence-corrected chi connectivity index (χ4v) is 3.19. The molecule has 4 rings (SSSR count). The Morgan fingerprint density at radius 2 is 2.00 bits per heavy atom. The van der Waals surface area contributed by atoms with Gasteiger partial charge in [-0.2, -0.15) is 4.98 Å². The number of fused-ring (bicyclic) bond motifs is 1. The van der Waals surface area contributed by atoms with Crippen molar-refractivity contribution in [1.82, 2.24) is 29.8 Å². The number of amides is 1. The van der Waals surface area contributed by atoms with Crippen LogP contribution in [0.5, 0.6) is 0 Å². The summed E-state index contributed by atoms with van der Waals surface area (Å²) < 4.78 is 7.00. The molecular formula is C19H22N6O2. The fourth-order valence-electron chi connectivity index (χ4n) is 3.19. The van der Waals surface area contributed by atoms with Crippen molar-refractivity contribution in [2.24, 2.45) is 0 Å². The summed E-state index contributed by atoms with van der Waals surface area (Å²) in [6, 6.07) is 11.6. The number of ether oxygens (including phenoxy) is 1. The van der Waals surface area contributed by atoms with Crippen molar-refractivity contribution in [2.45, 2.75) is 13.0 Å². The van der Waals surface area contributed by atoms with E-state index in [2.05, 4.69) is 25.3 Å². The van der Waals surface area contributed by atoms with Gasteiger partial charge in [-0.15, -0.1) is 5.10 Å². The second kappa shape index (κ2) is 7.81. The predicted octanol–water partition coefficient (Wildman–Crippen LogP) is 1.24. The van der Waals surface area contributed by atoms with Crippen LogP contribution >= 0.6 is 0 Å². The summed E-state index contributed by atoms with van der Waals surface area (Å²) in [7, 11) is 0. The minimum atomic E-state index is -0.304. The van der Waals surface area contributed by atoms with Crippen molar-refractivity contribution in [1.29, 1.82) is 0 Å². The van der Waals surface area contributed by atoms with Crippen LogP contribution in [0.25, 0.3) is 5.78 Å². The second-order valence-corrected chi connectivity index (χ2v) is 6.58. The number of morpholine rings is 1. The van der Waals surface area contributed by atoms with E-state index < -0.39 is 0 Å². The highest BCUT2D eigenvalue weighted by atomic mass is 16.5. The number of benzene rings is 1. The summed E-state index contributed by atoms with van der Waals surface area (Å²) in [6.07, 6.45) is 1.66. The van der Waals surface area contributed by atoms with Crippen LogP contribution in [-0.2, 0) is 4.74 Å². The van der Waals surface area contributed by atoms with E-state index in [9.17, 15) is 4.79 Å². The van der Waals surface area contributed by atoms with Crippen molar-refractivity contribution in [3.63, 3.8) is 0 Å². The Kier molecular flexibility index (Phi) is 5.08. The highest BCUT2D eigenvalue weighted by Crippen LogP contribution is 2.16. The van der Waals surface area contributed by atoms with Crippen LogP contribution in [0, 0.1) is 6.92 Å². The molecule has 1 N–H and O–H groups in total. The molecule has 0 aliphatic carbocycles. The van der Waals surface area contributed by atoms with Gasteiger partial charge < -0.3 is 10.1 Å². The van der Waals surface area contributed by atoms with E-state index in [1.165, 1.54) is 0 Å². The number of carbonyl (C=O) groups excluding carboxylic acids is 1. The van der Waals surface area contributed by atoms with E-state index in [-0.39, 0.29) is 17.8 Å². The van der Waals surface area contributed by atoms with Crippen molar-refractivity contribution >= 4 is 11.7 Å². The summed E-state index contributed by atoms with van der Waals surface area (Å²) in [5.41, 5.74) is 1.93. The van der Waals surface area contributed by atoms with Gasteiger partial charge in [0, 0.05) is 31.5 Å². The third kappa shape index (κ3) is 3.96. The molecule has 3 aromatic rings. The zero-order valence-electron chi connectivity index (χ0n) is 15.2. The fraction of sp³-hybridized carbons (Fsp3) is 0.368. The zero-order valence-corrected chi connectivity index (χ0v) is 15.2. The summed E-state index contributed by atoms with van der Waals surface area (Å²) in [6.45, 7) is 5.76. The average molecular weight is 366 g/mol. The first-order chi connectivity index (χ1) is 13.2. The van der Waals surface area contributed by atoms with E-state index >= 15 is 0 Å². The largest absolute Gasteiger partial charge is 0.379 e. The lowest BCUT2D eigenvalue weighted by atomic mass is 10.1. The molecule has 8 nitrogen and oxygen atoms in total. The second-order valence-electron chi connectivity index (χ2n) is 6.58. The van der Waals surface area contributed by atoms with Gasteiger partial charge in [-0.05, 0) is 18.6 Å². The summed E-state index contributed by atoms with van der Waals surface area (Å²) >= 11 is 0. The van der Waals surface area contributed by atoms with Gasteiger partial charge in [-0.25, -0.2) is 9.50 Å². The number of carbonyl (C=O) groups is 1. The molecule has 8 heteroatoms. The third-order valence-electron chi connectivity index (χ3n) is 4.68. The van der Waals surface area contributed by atoms with Gasteiger partial charge in [-0.3, -0.25) is 9.69 Å². The first-order valence-electron chi connectivity index (χ1n) is 9.05. The maximum Gasteiger partial charge on any atom is 0.291 e. The Morgan fingerprint density at radius 1 is 1.22 bits per heavy atom. The molecule has 2 aromatic heterocycles. The standard InChI is InChI=1S/C19H22N6O2/c1-14-7-8-20-19-22-17(23-25(14)19)18(26)21-16(15-5-3-2-4-6-15)13-24-9-11-27-12-10-24/h2-8,16H,9-13H2,1H3,(H,21,26). The lowest BCUT2D eigenvalue weighted by molar-refractivity contribution is 0.0332. The topological polar surface area (TPSA) is 84.7 Å². The molecule has 1 aromatic carbocycles. The first kappa shape index (κ1) is 17.6. The van der Waals surface area contributed by atoms with Crippen LogP contribution in [0.4, 0.5) is 0 Å². The van der Waals surface area contributed by atoms with Crippen LogP contribution in [-0.4, -0.2) is 63.2 Å². The lowest BCUT2D eigenvalue weighted by Crippen LogP contribution is -2.43. The summed E-state index contributed by atoms with van der Waals surface area (Å²) in [5, 5.41) is 7.39. The third-order valence-corrected chi connectivity index (χ3v) is 4.68. The molecule has 140 valence electrons. The number of aromatic nitrogens is 4. The zero-order chi connectivity index (χ0) is 18.6. The normalized spacial score (nSPS) is 16.3. The molecule has 0 spiro atoms. The van der Waals surface area contributed by atoms with Gasteiger partial charge in [0.1, 0.15) is 0 Å². The van der Waals surface area contributed by atoms with E-state index in [1.54, 1.807) is 10.7 Å². The number of hydrogen-bond donors (Lipinski definition) is 1. The Morgan fingerprint density at radius 3 is 2.74 bits per heavy atom. The smallest absolute Gasteiger partial charge is 0.291 e. The monoisotopic (exact) mass is 366 g/mol. The van der Waals surface area contributed by atoms with Crippen LogP contribution in [0.15, 0.2) is 42.6 Å². The van der Waals surface area contributed by atoms with Crippen LogP contribution < -0.4 is 5.32 Å². The molecule has 0 bridgehead atoms. The van der Waals surface area contributed by atoms with E-state index in [0.717, 1.165) is 24.3 Å². The van der Waals surface area contributed by atoms with E-state index in [0.29, 0.717) is 25.5 Å². The number of rotatable bonds is 5. The first-order valence-corrected chi connectivity index (χ1v) is 9.05.